The van der Waals surface area contributed by atoms with Crippen LogP contribution in [0.25, 0.3) is 0 Å². The van der Waals surface area contributed by atoms with Gasteiger partial charge in [-0.05, 0) is 29.8 Å². The van der Waals surface area contributed by atoms with Crippen molar-refractivity contribution in [2.45, 2.75) is 12.3 Å². The highest BCUT2D eigenvalue weighted by Gasteiger charge is 2.31. The van der Waals surface area contributed by atoms with Gasteiger partial charge in [0.05, 0.1) is 11.3 Å². The standard InChI is InChI=1S/C13H8F5NO/c14-9-3-7(4-10(15)5-9)12(20)11-2-1-8(6-19-11)13(16,17)18/h1-6,12,20H. The van der Waals surface area contributed by atoms with Crippen LogP contribution in [0.4, 0.5) is 22.0 Å². The largest absolute Gasteiger partial charge is 0.417 e. The molecular weight excluding hydrogens is 281 g/mol. The molecule has 0 aliphatic rings. The van der Waals surface area contributed by atoms with Gasteiger partial charge in [0.15, 0.2) is 0 Å². The number of hydrogen-bond donors (Lipinski definition) is 1. The minimum atomic E-state index is -4.54. The second-order valence-electron chi connectivity index (χ2n) is 4.07. The molecule has 1 atom stereocenters. The van der Waals surface area contributed by atoms with E-state index in [0.717, 1.165) is 24.3 Å². The van der Waals surface area contributed by atoms with Crippen molar-refractivity contribution in [1.29, 1.82) is 0 Å². The zero-order valence-electron chi connectivity index (χ0n) is 9.83. The van der Waals surface area contributed by atoms with Crippen LogP contribution < -0.4 is 0 Å². The average molecular weight is 289 g/mol. The molecule has 0 aliphatic heterocycles. The molecule has 7 heteroatoms. The number of pyridine rings is 1. The number of halogens is 5. The highest BCUT2D eigenvalue weighted by molar-refractivity contribution is 5.28. The first-order valence-corrected chi connectivity index (χ1v) is 5.44. The summed E-state index contributed by atoms with van der Waals surface area (Å²) in [7, 11) is 0. The molecule has 0 spiro atoms. The van der Waals surface area contributed by atoms with Gasteiger partial charge in [-0.1, -0.05) is 0 Å². The van der Waals surface area contributed by atoms with Gasteiger partial charge in [0.1, 0.15) is 17.7 Å². The van der Waals surface area contributed by atoms with Crippen molar-refractivity contribution in [3.63, 3.8) is 0 Å². The molecule has 2 rings (SSSR count). The van der Waals surface area contributed by atoms with Crippen molar-refractivity contribution in [3.8, 4) is 0 Å². The quantitative estimate of drug-likeness (QED) is 0.859. The van der Waals surface area contributed by atoms with Gasteiger partial charge in [-0.25, -0.2) is 8.78 Å². The van der Waals surface area contributed by atoms with Crippen molar-refractivity contribution in [3.05, 3.63) is 65.0 Å². The Morgan fingerprint density at radius 3 is 2.05 bits per heavy atom. The van der Waals surface area contributed by atoms with Gasteiger partial charge in [-0.2, -0.15) is 13.2 Å². The van der Waals surface area contributed by atoms with Crippen molar-refractivity contribution in [2.75, 3.05) is 0 Å². The molecule has 1 unspecified atom stereocenters. The van der Waals surface area contributed by atoms with E-state index in [1.54, 1.807) is 0 Å². The highest BCUT2D eigenvalue weighted by atomic mass is 19.4. The molecule has 1 N–H and O–H groups in total. The molecule has 1 aromatic carbocycles. The number of alkyl halides is 3. The second kappa shape index (κ2) is 5.16. The predicted molar refractivity (Wildman–Crippen MR) is 59.7 cm³/mol. The smallest absolute Gasteiger partial charge is 0.382 e. The number of rotatable bonds is 2. The van der Waals surface area contributed by atoms with E-state index in [1.165, 1.54) is 0 Å². The lowest BCUT2D eigenvalue weighted by atomic mass is 10.1. The monoisotopic (exact) mass is 289 g/mol. The van der Waals surface area contributed by atoms with E-state index in [4.69, 9.17) is 0 Å². The zero-order chi connectivity index (χ0) is 14.9. The number of aliphatic hydroxyl groups is 1. The van der Waals surface area contributed by atoms with Crippen LogP contribution in [0.2, 0.25) is 0 Å². The van der Waals surface area contributed by atoms with Crippen LogP contribution in [0.15, 0.2) is 36.5 Å². The Hall–Kier alpha value is -2.02. The fourth-order valence-corrected chi connectivity index (χ4v) is 1.64. The Balaban J connectivity index is 2.31. The summed E-state index contributed by atoms with van der Waals surface area (Å²) in [6.07, 6.45) is -5.50. The summed E-state index contributed by atoms with van der Waals surface area (Å²) in [5.41, 5.74) is -1.24. The van der Waals surface area contributed by atoms with Gasteiger partial charge >= 0.3 is 6.18 Å². The average Bonchev–Trinajstić information content (AvgIpc) is 2.36. The predicted octanol–water partition coefficient (Wildman–Crippen LogP) is 3.46. The van der Waals surface area contributed by atoms with Crippen molar-refractivity contribution in [1.82, 2.24) is 4.98 Å². The van der Waals surface area contributed by atoms with E-state index >= 15 is 0 Å². The Labute approximate surface area is 110 Å². The lowest BCUT2D eigenvalue weighted by Crippen LogP contribution is -2.08. The molecule has 0 radical (unpaired) electrons. The molecule has 2 aromatic rings. The molecule has 20 heavy (non-hydrogen) atoms. The molecule has 0 amide bonds. The fraction of sp³-hybridized carbons (Fsp3) is 0.154. The molecule has 0 aliphatic carbocycles. The van der Waals surface area contributed by atoms with Gasteiger partial charge in [0.25, 0.3) is 0 Å². The van der Waals surface area contributed by atoms with Crippen LogP contribution in [-0.4, -0.2) is 10.1 Å². The van der Waals surface area contributed by atoms with Crippen LogP contribution in [0.1, 0.15) is 22.9 Å². The van der Waals surface area contributed by atoms with Gasteiger partial charge in [-0.15, -0.1) is 0 Å². The van der Waals surface area contributed by atoms with E-state index in [1.807, 2.05) is 0 Å². The van der Waals surface area contributed by atoms with Gasteiger partial charge in [0.2, 0.25) is 0 Å². The van der Waals surface area contributed by atoms with E-state index in [0.29, 0.717) is 12.3 Å². The third-order valence-corrected chi connectivity index (χ3v) is 2.59. The summed E-state index contributed by atoms with van der Waals surface area (Å²) in [6.45, 7) is 0. The Morgan fingerprint density at radius 1 is 1.00 bits per heavy atom. The summed E-state index contributed by atoms with van der Waals surface area (Å²) >= 11 is 0. The first-order chi connectivity index (χ1) is 9.27. The minimum Gasteiger partial charge on any atom is -0.382 e. The second-order valence-corrected chi connectivity index (χ2v) is 4.07. The number of nitrogens with zero attached hydrogens (tertiary/aromatic N) is 1. The number of aliphatic hydroxyl groups excluding tert-OH is 1. The van der Waals surface area contributed by atoms with E-state index < -0.39 is 29.5 Å². The third kappa shape index (κ3) is 3.11. The van der Waals surface area contributed by atoms with Crippen molar-refractivity contribution in [2.24, 2.45) is 0 Å². The molecule has 0 bridgehead atoms. The maximum absolute atomic E-state index is 13.0. The topological polar surface area (TPSA) is 33.1 Å². The SMILES string of the molecule is OC(c1cc(F)cc(F)c1)c1ccc(C(F)(F)F)cn1. The number of hydrogen-bond acceptors (Lipinski definition) is 2. The lowest BCUT2D eigenvalue weighted by Gasteiger charge is -2.12. The molecule has 1 heterocycles. The van der Waals surface area contributed by atoms with Crippen LogP contribution in [-0.2, 0) is 6.18 Å². The summed E-state index contributed by atoms with van der Waals surface area (Å²) in [5.74, 6) is -1.79. The molecular formula is C13H8F5NO. The first kappa shape index (κ1) is 14.4. The van der Waals surface area contributed by atoms with Gasteiger partial charge in [-0.3, -0.25) is 4.98 Å². The summed E-state index contributed by atoms with van der Waals surface area (Å²) in [4.78, 5) is 3.47. The summed E-state index contributed by atoms with van der Waals surface area (Å²) in [5, 5.41) is 9.86. The normalized spacial score (nSPS) is 13.3. The molecule has 0 saturated heterocycles. The molecule has 106 valence electrons. The fourth-order valence-electron chi connectivity index (χ4n) is 1.64. The van der Waals surface area contributed by atoms with Gasteiger partial charge < -0.3 is 5.11 Å². The van der Waals surface area contributed by atoms with E-state index in [-0.39, 0.29) is 11.3 Å². The van der Waals surface area contributed by atoms with Crippen LogP contribution in [0, 0.1) is 11.6 Å². The molecule has 0 saturated carbocycles. The number of benzene rings is 1. The van der Waals surface area contributed by atoms with Crippen molar-refractivity contribution < 1.29 is 27.1 Å². The number of aromatic nitrogens is 1. The van der Waals surface area contributed by atoms with Crippen LogP contribution >= 0.6 is 0 Å². The van der Waals surface area contributed by atoms with E-state index in [9.17, 15) is 27.1 Å². The first-order valence-electron chi connectivity index (χ1n) is 5.44. The molecule has 0 fully saturated rings. The summed E-state index contributed by atoms with van der Waals surface area (Å²) < 4.78 is 63.1. The molecule has 1 aromatic heterocycles. The van der Waals surface area contributed by atoms with Crippen molar-refractivity contribution >= 4 is 0 Å². The Kier molecular flexibility index (Phi) is 3.71. The summed E-state index contributed by atoms with van der Waals surface area (Å²) in [6, 6.07) is 4.08. The Morgan fingerprint density at radius 2 is 1.60 bits per heavy atom. The Bertz CT molecular complexity index is 589. The van der Waals surface area contributed by atoms with Crippen LogP contribution in [0.3, 0.4) is 0 Å². The minimum absolute atomic E-state index is 0.130. The molecule has 2 nitrogen and oxygen atoms in total. The third-order valence-electron chi connectivity index (χ3n) is 2.59. The maximum Gasteiger partial charge on any atom is 0.417 e. The lowest BCUT2D eigenvalue weighted by molar-refractivity contribution is -0.137. The zero-order valence-corrected chi connectivity index (χ0v) is 9.83. The van der Waals surface area contributed by atoms with Gasteiger partial charge in [0, 0.05) is 12.3 Å². The maximum atomic E-state index is 13.0. The highest BCUT2D eigenvalue weighted by Crippen LogP contribution is 2.30. The van der Waals surface area contributed by atoms with E-state index in [2.05, 4.69) is 4.98 Å². The van der Waals surface area contributed by atoms with Crippen LogP contribution in [0.5, 0.6) is 0 Å².